The number of hydrogen-bond donors (Lipinski definition) is 2. The molecule has 0 unspecified atom stereocenters. The maximum atomic E-state index is 11.5. The smallest absolute Gasteiger partial charge is 0.221 e. The standard InChI is InChI=1S/C17H26N2O/c1-3-9-19-17(20)8-10-18-16-11-15(12-16)14-6-4-13(2)5-7-14/h4-7,15-16,18H,3,8-12H2,1-2H3,(H,19,20). The van der Waals surface area contributed by atoms with E-state index < -0.39 is 0 Å². The first-order valence-corrected chi connectivity index (χ1v) is 7.75. The molecule has 0 aliphatic heterocycles. The van der Waals surface area contributed by atoms with E-state index in [1.54, 1.807) is 0 Å². The van der Waals surface area contributed by atoms with Crippen molar-refractivity contribution in [2.24, 2.45) is 0 Å². The van der Waals surface area contributed by atoms with Crippen LogP contribution in [0, 0.1) is 6.92 Å². The third-order valence-electron chi connectivity index (χ3n) is 4.04. The van der Waals surface area contributed by atoms with Crippen LogP contribution in [0.4, 0.5) is 0 Å². The molecule has 1 aromatic carbocycles. The van der Waals surface area contributed by atoms with Crippen LogP contribution in [0.3, 0.4) is 0 Å². The Balaban J connectivity index is 1.60. The predicted molar refractivity (Wildman–Crippen MR) is 82.9 cm³/mol. The van der Waals surface area contributed by atoms with Gasteiger partial charge in [0.2, 0.25) is 5.91 Å². The van der Waals surface area contributed by atoms with Crippen LogP contribution < -0.4 is 10.6 Å². The Morgan fingerprint density at radius 2 is 1.90 bits per heavy atom. The molecule has 0 spiro atoms. The molecule has 2 rings (SSSR count). The summed E-state index contributed by atoms with van der Waals surface area (Å²) in [6.07, 6.45) is 3.98. The Hall–Kier alpha value is -1.35. The molecule has 0 radical (unpaired) electrons. The second kappa shape index (κ2) is 7.44. The van der Waals surface area contributed by atoms with Crippen molar-refractivity contribution in [2.45, 2.75) is 51.5 Å². The Kier molecular flexibility index (Phi) is 5.60. The number of rotatable bonds is 7. The Morgan fingerprint density at radius 3 is 2.55 bits per heavy atom. The molecule has 1 amide bonds. The molecule has 0 aromatic heterocycles. The number of carbonyl (C=O) groups excluding carboxylic acids is 1. The summed E-state index contributed by atoms with van der Waals surface area (Å²) in [5.41, 5.74) is 2.77. The van der Waals surface area contributed by atoms with E-state index in [1.165, 1.54) is 24.0 Å². The molecule has 0 saturated heterocycles. The number of amides is 1. The van der Waals surface area contributed by atoms with Gasteiger partial charge in [-0.1, -0.05) is 36.8 Å². The largest absolute Gasteiger partial charge is 0.356 e. The minimum absolute atomic E-state index is 0.161. The van der Waals surface area contributed by atoms with Crippen LogP contribution in [0.5, 0.6) is 0 Å². The number of hydrogen-bond acceptors (Lipinski definition) is 2. The molecule has 1 aliphatic rings. The van der Waals surface area contributed by atoms with E-state index in [0.29, 0.717) is 18.4 Å². The number of benzene rings is 1. The van der Waals surface area contributed by atoms with Gasteiger partial charge in [0.05, 0.1) is 0 Å². The van der Waals surface area contributed by atoms with Gasteiger partial charge in [-0.3, -0.25) is 4.79 Å². The number of aryl methyl sites for hydroxylation is 1. The van der Waals surface area contributed by atoms with Gasteiger partial charge in [-0.05, 0) is 37.7 Å². The van der Waals surface area contributed by atoms with Gasteiger partial charge < -0.3 is 10.6 Å². The van der Waals surface area contributed by atoms with Crippen molar-refractivity contribution < 1.29 is 4.79 Å². The van der Waals surface area contributed by atoms with E-state index >= 15 is 0 Å². The normalized spacial score (nSPS) is 21.3. The lowest BCUT2D eigenvalue weighted by molar-refractivity contribution is -0.121. The lowest BCUT2D eigenvalue weighted by Gasteiger charge is -2.36. The summed E-state index contributed by atoms with van der Waals surface area (Å²) in [5, 5.41) is 6.38. The summed E-state index contributed by atoms with van der Waals surface area (Å²) >= 11 is 0. The van der Waals surface area contributed by atoms with E-state index in [1.807, 2.05) is 0 Å². The van der Waals surface area contributed by atoms with Crippen LogP contribution in [0.15, 0.2) is 24.3 Å². The van der Waals surface area contributed by atoms with Crippen molar-refractivity contribution in [2.75, 3.05) is 13.1 Å². The third-order valence-corrected chi connectivity index (χ3v) is 4.04. The average molecular weight is 274 g/mol. The molecule has 110 valence electrons. The van der Waals surface area contributed by atoms with E-state index in [4.69, 9.17) is 0 Å². The van der Waals surface area contributed by atoms with Crippen molar-refractivity contribution >= 4 is 5.91 Å². The lowest BCUT2D eigenvalue weighted by Crippen LogP contribution is -2.41. The number of nitrogens with one attached hydrogen (secondary N) is 2. The minimum atomic E-state index is 0.161. The Labute approximate surface area is 122 Å². The topological polar surface area (TPSA) is 41.1 Å². The first-order chi connectivity index (χ1) is 9.69. The van der Waals surface area contributed by atoms with Crippen LogP contribution in [-0.2, 0) is 4.79 Å². The Bertz CT molecular complexity index is 421. The average Bonchev–Trinajstić information content (AvgIpc) is 2.40. The van der Waals surface area contributed by atoms with Gasteiger partial charge in [0.15, 0.2) is 0 Å². The zero-order valence-corrected chi connectivity index (χ0v) is 12.6. The molecule has 2 N–H and O–H groups in total. The number of carbonyl (C=O) groups is 1. The van der Waals surface area contributed by atoms with Crippen LogP contribution in [0.1, 0.15) is 49.7 Å². The molecule has 1 saturated carbocycles. The van der Waals surface area contributed by atoms with Crippen molar-refractivity contribution in [3.05, 3.63) is 35.4 Å². The summed E-state index contributed by atoms with van der Waals surface area (Å²) in [4.78, 5) is 11.5. The van der Waals surface area contributed by atoms with E-state index in [0.717, 1.165) is 19.5 Å². The van der Waals surface area contributed by atoms with E-state index in [2.05, 4.69) is 48.7 Å². The first kappa shape index (κ1) is 15.0. The molecule has 1 fully saturated rings. The van der Waals surface area contributed by atoms with Gasteiger partial charge in [0, 0.05) is 25.6 Å². The molecule has 1 aliphatic carbocycles. The van der Waals surface area contributed by atoms with Crippen LogP contribution in [0.2, 0.25) is 0 Å². The fraction of sp³-hybridized carbons (Fsp3) is 0.588. The highest BCUT2D eigenvalue weighted by atomic mass is 16.1. The quantitative estimate of drug-likeness (QED) is 0.802. The maximum Gasteiger partial charge on any atom is 0.221 e. The summed E-state index contributed by atoms with van der Waals surface area (Å²) in [6.45, 7) is 5.77. The zero-order chi connectivity index (χ0) is 14.4. The van der Waals surface area contributed by atoms with Gasteiger partial charge in [-0.2, -0.15) is 0 Å². The summed E-state index contributed by atoms with van der Waals surface area (Å²) in [5.74, 6) is 0.857. The molecule has 3 nitrogen and oxygen atoms in total. The van der Waals surface area contributed by atoms with Crippen LogP contribution in [-0.4, -0.2) is 25.0 Å². The van der Waals surface area contributed by atoms with Gasteiger partial charge >= 0.3 is 0 Å². The van der Waals surface area contributed by atoms with Crippen molar-refractivity contribution in [3.8, 4) is 0 Å². The second-order valence-electron chi connectivity index (χ2n) is 5.83. The second-order valence-corrected chi connectivity index (χ2v) is 5.83. The predicted octanol–water partition coefficient (Wildman–Crippen LogP) is 2.75. The van der Waals surface area contributed by atoms with E-state index in [9.17, 15) is 4.79 Å². The maximum absolute atomic E-state index is 11.5. The lowest BCUT2D eigenvalue weighted by atomic mass is 9.76. The van der Waals surface area contributed by atoms with Crippen molar-refractivity contribution in [3.63, 3.8) is 0 Å². The molecule has 3 heteroatoms. The third kappa shape index (κ3) is 4.34. The molecule has 1 aromatic rings. The first-order valence-electron chi connectivity index (χ1n) is 7.75. The SMILES string of the molecule is CCCNC(=O)CCNC1CC(c2ccc(C)cc2)C1. The molecule has 20 heavy (non-hydrogen) atoms. The summed E-state index contributed by atoms with van der Waals surface area (Å²) < 4.78 is 0. The highest BCUT2D eigenvalue weighted by Crippen LogP contribution is 2.36. The fourth-order valence-corrected chi connectivity index (χ4v) is 2.64. The van der Waals surface area contributed by atoms with Crippen molar-refractivity contribution in [1.29, 1.82) is 0 Å². The van der Waals surface area contributed by atoms with E-state index in [-0.39, 0.29) is 5.91 Å². The van der Waals surface area contributed by atoms with Gasteiger partial charge in [-0.25, -0.2) is 0 Å². The fourth-order valence-electron chi connectivity index (χ4n) is 2.64. The van der Waals surface area contributed by atoms with Gasteiger partial charge in [0.25, 0.3) is 0 Å². The monoisotopic (exact) mass is 274 g/mol. The minimum Gasteiger partial charge on any atom is -0.356 e. The van der Waals surface area contributed by atoms with Gasteiger partial charge in [0.1, 0.15) is 0 Å². The Morgan fingerprint density at radius 1 is 1.20 bits per heavy atom. The van der Waals surface area contributed by atoms with Crippen molar-refractivity contribution in [1.82, 2.24) is 10.6 Å². The molecular formula is C17H26N2O. The van der Waals surface area contributed by atoms with Gasteiger partial charge in [-0.15, -0.1) is 0 Å². The molecule has 0 bridgehead atoms. The highest BCUT2D eigenvalue weighted by molar-refractivity contribution is 5.75. The molecule has 0 atom stereocenters. The van der Waals surface area contributed by atoms with Crippen LogP contribution >= 0.6 is 0 Å². The summed E-state index contributed by atoms with van der Waals surface area (Å²) in [7, 11) is 0. The zero-order valence-electron chi connectivity index (χ0n) is 12.6. The summed E-state index contributed by atoms with van der Waals surface area (Å²) in [6, 6.07) is 9.45. The molecular weight excluding hydrogens is 248 g/mol. The van der Waals surface area contributed by atoms with Crippen LogP contribution in [0.25, 0.3) is 0 Å². The molecule has 0 heterocycles. The highest BCUT2D eigenvalue weighted by Gasteiger charge is 2.29.